The van der Waals surface area contributed by atoms with Crippen molar-refractivity contribution in [2.45, 2.75) is 33.2 Å². The molecule has 0 saturated carbocycles. The standard InChI is InChI=1S/C22H27N3O3/c1-14(2)13-19(25-21(27)18-8-6-5-7-15(18)3)22(28)24-17-11-9-16(10-12-17)20(26)23-4/h5-12,14,19H,13H2,1-4H3,(H,23,26)(H,24,28)(H,25,27)/t19-/m1/s1. The summed E-state index contributed by atoms with van der Waals surface area (Å²) >= 11 is 0. The molecule has 0 radical (unpaired) electrons. The Morgan fingerprint density at radius 3 is 2.14 bits per heavy atom. The molecule has 1 atom stereocenters. The fraction of sp³-hybridized carbons (Fsp3) is 0.318. The number of hydrogen-bond donors (Lipinski definition) is 3. The van der Waals surface area contributed by atoms with Crippen molar-refractivity contribution >= 4 is 23.4 Å². The molecule has 0 aliphatic carbocycles. The lowest BCUT2D eigenvalue weighted by Gasteiger charge is -2.21. The lowest BCUT2D eigenvalue weighted by Crippen LogP contribution is -2.44. The molecule has 2 rings (SSSR count). The van der Waals surface area contributed by atoms with Crippen LogP contribution in [0.5, 0.6) is 0 Å². The average molecular weight is 381 g/mol. The van der Waals surface area contributed by atoms with Gasteiger partial charge in [-0.1, -0.05) is 32.0 Å². The van der Waals surface area contributed by atoms with Crippen LogP contribution >= 0.6 is 0 Å². The van der Waals surface area contributed by atoms with Gasteiger partial charge in [0.25, 0.3) is 11.8 Å². The van der Waals surface area contributed by atoms with E-state index >= 15 is 0 Å². The normalized spacial score (nSPS) is 11.6. The molecule has 0 unspecified atom stereocenters. The molecule has 2 aromatic rings. The second-order valence-electron chi connectivity index (χ2n) is 7.12. The van der Waals surface area contributed by atoms with E-state index in [1.165, 1.54) is 0 Å². The van der Waals surface area contributed by atoms with Gasteiger partial charge in [0.2, 0.25) is 5.91 Å². The summed E-state index contributed by atoms with van der Waals surface area (Å²) < 4.78 is 0. The van der Waals surface area contributed by atoms with Gasteiger partial charge in [-0.3, -0.25) is 14.4 Å². The molecule has 0 fully saturated rings. The van der Waals surface area contributed by atoms with Crippen LogP contribution in [-0.2, 0) is 4.79 Å². The van der Waals surface area contributed by atoms with Crippen molar-refractivity contribution in [1.29, 1.82) is 0 Å². The molecule has 0 heterocycles. The Morgan fingerprint density at radius 1 is 0.929 bits per heavy atom. The number of amides is 3. The van der Waals surface area contributed by atoms with Crippen LogP contribution in [0.2, 0.25) is 0 Å². The Labute approximate surface area is 165 Å². The van der Waals surface area contributed by atoms with E-state index in [-0.39, 0.29) is 23.6 Å². The van der Waals surface area contributed by atoms with E-state index in [4.69, 9.17) is 0 Å². The zero-order chi connectivity index (χ0) is 20.7. The van der Waals surface area contributed by atoms with Gasteiger partial charge in [-0.25, -0.2) is 0 Å². The lowest BCUT2D eigenvalue weighted by atomic mass is 10.0. The van der Waals surface area contributed by atoms with E-state index in [2.05, 4.69) is 16.0 Å². The molecular formula is C22H27N3O3. The summed E-state index contributed by atoms with van der Waals surface area (Å²) in [5, 5.41) is 8.22. The van der Waals surface area contributed by atoms with Gasteiger partial charge in [-0.05, 0) is 55.2 Å². The summed E-state index contributed by atoms with van der Waals surface area (Å²) in [4.78, 5) is 37.0. The van der Waals surface area contributed by atoms with Crippen LogP contribution in [0.15, 0.2) is 48.5 Å². The summed E-state index contributed by atoms with van der Waals surface area (Å²) in [6.07, 6.45) is 0.514. The van der Waals surface area contributed by atoms with E-state index in [1.54, 1.807) is 43.4 Å². The molecule has 0 saturated heterocycles. The van der Waals surface area contributed by atoms with Crippen LogP contribution in [0.4, 0.5) is 5.69 Å². The summed E-state index contributed by atoms with van der Waals surface area (Å²) in [7, 11) is 1.56. The van der Waals surface area contributed by atoms with Gasteiger partial charge in [0.05, 0.1) is 0 Å². The van der Waals surface area contributed by atoms with E-state index < -0.39 is 6.04 Å². The second-order valence-corrected chi connectivity index (χ2v) is 7.12. The first-order chi connectivity index (χ1) is 13.3. The Kier molecular flexibility index (Phi) is 7.32. The molecule has 3 amide bonds. The predicted molar refractivity (Wildman–Crippen MR) is 110 cm³/mol. The van der Waals surface area contributed by atoms with Gasteiger partial charge < -0.3 is 16.0 Å². The zero-order valence-corrected chi connectivity index (χ0v) is 16.7. The molecule has 0 aliphatic heterocycles. The van der Waals surface area contributed by atoms with Crippen LogP contribution in [0.3, 0.4) is 0 Å². The molecule has 6 heteroatoms. The van der Waals surface area contributed by atoms with Crippen molar-refractivity contribution in [3.8, 4) is 0 Å². The molecule has 0 spiro atoms. The van der Waals surface area contributed by atoms with Gasteiger partial charge in [0.1, 0.15) is 6.04 Å². The van der Waals surface area contributed by atoms with E-state index in [0.717, 1.165) is 5.56 Å². The predicted octanol–water partition coefficient (Wildman–Crippen LogP) is 3.14. The number of carbonyl (C=O) groups excluding carboxylic acids is 3. The Hall–Kier alpha value is -3.15. The highest BCUT2D eigenvalue weighted by atomic mass is 16.2. The molecular weight excluding hydrogens is 354 g/mol. The number of nitrogens with one attached hydrogen (secondary N) is 3. The third-order valence-electron chi connectivity index (χ3n) is 4.36. The van der Waals surface area contributed by atoms with Crippen molar-refractivity contribution in [3.05, 3.63) is 65.2 Å². The summed E-state index contributed by atoms with van der Waals surface area (Å²) in [6, 6.07) is 13.2. The monoisotopic (exact) mass is 381 g/mol. The summed E-state index contributed by atoms with van der Waals surface area (Å²) in [5.74, 6) is -0.526. The summed E-state index contributed by atoms with van der Waals surface area (Å²) in [5.41, 5.74) is 2.48. The molecule has 0 bridgehead atoms. The van der Waals surface area contributed by atoms with E-state index in [0.29, 0.717) is 23.2 Å². The van der Waals surface area contributed by atoms with Crippen molar-refractivity contribution < 1.29 is 14.4 Å². The minimum atomic E-state index is -0.661. The molecule has 28 heavy (non-hydrogen) atoms. The number of anilines is 1. The number of benzene rings is 2. The lowest BCUT2D eigenvalue weighted by molar-refractivity contribution is -0.118. The molecule has 148 valence electrons. The van der Waals surface area contributed by atoms with Crippen LogP contribution in [-0.4, -0.2) is 30.8 Å². The fourth-order valence-electron chi connectivity index (χ4n) is 2.85. The van der Waals surface area contributed by atoms with E-state index in [1.807, 2.05) is 32.9 Å². The number of aryl methyl sites for hydroxylation is 1. The zero-order valence-electron chi connectivity index (χ0n) is 16.7. The van der Waals surface area contributed by atoms with Crippen molar-refractivity contribution in [2.24, 2.45) is 5.92 Å². The van der Waals surface area contributed by atoms with Crippen molar-refractivity contribution in [3.63, 3.8) is 0 Å². The highest BCUT2D eigenvalue weighted by Gasteiger charge is 2.23. The number of hydrogen-bond acceptors (Lipinski definition) is 3. The smallest absolute Gasteiger partial charge is 0.252 e. The van der Waals surface area contributed by atoms with Gasteiger partial charge >= 0.3 is 0 Å². The largest absolute Gasteiger partial charge is 0.355 e. The molecule has 3 N–H and O–H groups in total. The van der Waals surface area contributed by atoms with Gasteiger partial charge in [0.15, 0.2) is 0 Å². The Morgan fingerprint density at radius 2 is 1.57 bits per heavy atom. The van der Waals surface area contributed by atoms with Gasteiger partial charge in [-0.15, -0.1) is 0 Å². The van der Waals surface area contributed by atoms with Gasteiger partial charge in [0, 0.05) is 23.9 Å². The number of carbonyl (C=O) groups is 3. The number of rotatable bonds is 7. The molecule has 0 aromatic heterocycles. The van der Waals surface area contributed by atoms with Crippen LogP contribution in [0.25, 0.3) is 0 Å². The first kappa shape index (κ1) is 21.2. The highest BCUT2D eigenvalue weighted by Crippen LogP contribution is 2.14. The summed E-state index contributed by atoms with van der Waals surface area (Å²) in [6.45, 7) is 5.86. The maximum Gasteiger partial charge on any atom is 0.252 e. The topological polar surface area (TPSA) is 87.3 Å². The first-order valence-corrected chi connectivity index (χ1v) is 9.31. The van der Waals surface area contributed by atoms with Crippen molar-refractivity contribution in [1.82, 2.24) is 10.6 Å². The third kappa shape index (κ3) is 5.67. The minimum absolute atomic E-state index is 0.193. The Bertz CT molecular complexity index is 844. The van der Waals surface area contributed by atoms with Crippen LogP contribution < -0.4 is 16.0 Å². The molecule has 6 nitrogen and oxygen atoms in total. The maximum absolute atomic E-state index is 12.8. The second kappa shape index (κ2) is 9.69. The maximum atomic E-state index is 12.8. The SMILES string of the molecule is CNC(=O)c1ccc(NC(=O)[C@@H](CC(C)C)NC(=O)c2ccccc2C)cc1. The first-order valence-electron chi connectivity index (χ1n) is 9.31. The Balaban J connectivity index is 2.11. The van der Waals surface area contributed by atoms with Crippen molar-refractivity contribution in [2.75, 3.05) is 12.4 Å². The molecule has 0 aliphatic rings. The quantitative estimate of drug-likeness (QED) is 0.689. The molecule has 2 aromatic carbocycles. The minimum Gasteiger partial charge on any atom is -0.355 e. The fourth-order valence-corrected chi connectivity index (χ4v) is 2.85. The highest BCUT2D eigenvalue weighted by molar-refractivity contribution is 6.02. The van der Waals surface area contributed by atoms with Gasteiger partial charge in [-0.2, -0.15) is 0 Å². The van der Waals surface area contributed by atoms with Crippen LogP contribution in [0.1, 0.15) is 46.5 Å². The third-order valence-corrected chi connectivity index (χ3v) is 4.36. The average Bonchev–Trinajstić information content (AvgIpc) is 2.67. The van der Waals surface area contributed by atoms with Crippen LogP contribution in [0, 0.1) is 12.8 Å². The van der Waals surface area contributed by atoms with E-state index in [9.17, 15) is 14.4 Å².